The van der Waals surface area contributed by atoms with Crippen LogP contribution < -0.4 is 4.74 Å². The lowest BCUT2D eigenvalue weighted by molar-refractivity contribution is -0.122. The van der Waals surface area contributed by atoms with E-state index in [4.69, 9.17) is 21.3 Å². The fourth-order valence-corrected chi connectivity index (χ4v) is 4.46. The van der Waals surface area contributed by atoms with Crippen LogP contribution in [-0.4, -0.2) is 23.1 Å². The van der Waals surface area contributed by atoms with Crippen LogP contribution in [0.5, 0.6) is 5.75 Å². The van der Waals surface area contributed by atoms with Crippen molar-refractivity contribution in [2.24, 2.45) is 4.99 Å². The van der Waals surface area contributed by atoms with E-state index in [1.807, 2.05) is 78.9 Å². The highest BCUT2D eigenvalue weighted by Gasteiger charge is 2.33. The first-order valence-electron chi connectivity index (χ1n) is 9.46. The van der Waals surface area contributed by atoms with Gasteiger partial charge in [-0.2, -0.15) is 0 Å². The molecule has 1 fully saturated rings. The SMILES string of the molecule is COc1ccc(N=C2S/C(=C\c3ccc(Br)cc3)C(=O)N2Cc2ccccc2Cl)cc1. The summed E-state index contributed by atoms with van der Waals surface area (Å²) in [6.45, 7) is 0.345. The molecule has 0 bridgehead atoms. The highest BCUT2D eigenvalue weighted by atomic mass is 79.9. The Morgan fingerprint density at radius 2 is 1.77 bits per heavy atom. The Morgan fingerprint density at radius 3 is 2.45 bits per heavy atom. The summed E-state index contributed by atoms with van der Waals surface area (Å²) >= 11 is 11.2. The van der Waals surface area contributed by atoms with Gasteiger partial charge in [-0.05, 0) is 71.4 Å². The number of amidine groups is 1. The molecule has 1 aliphatic rings. The van der Waals surface area contributed by atoms with Crippen LogP contribution in [0.15, 0.2) is 87.2 Å². The van der Waals surface area contributed by atoms with Crippen LogP contribution in [0.3, 0.4) is 0 Å². The minimum atomic E-state index is -0.0971. The quantitative estimate of drug-likeness (QED) is 0.348. The van der Waals surface area contributed by atoms with Gasteiger partial charge in [-0.25, -0.2) is 4.99 Å². The zero-order valence-electron chi connectivity index (χ0n) is 16.6. The lowest BCUT2D eigenvalue weighted by atomic mass is 10.2. The molecule has 1 aliphatic heterocycles. The highest BCUT2D eigenvalue weighted by Crippen LogP contribution is 2.36. The van der Waals surface area contributed by atoms with E-state index in [1.165, 1.54) is 11.8 Å². The molecule has 0 N–H and O–H groups in total. The molecule has 0 radical (unpaired) electrons. The maximum absolute atomic E-state index is 13.3. The molecule has 31 heavy (non-hydrogen) atoms. The molecule has 0 spiro atoms. The topological polar surface area (TPSA) is 41.9 Å². The van der Waals surface area contributed by atoms with Gasteiger partial charge in [-0.15, -0.1) is 0 Å². The molecule has 3 aromatic carbocycles. The van der Waals surface area contributed by atoms with Gasteiger partial charge in [0.1, 0.15) is 5.75 Å². The van der Waals surface area contributed by atoms with Gasteiger partial charge in [0.15, 0.2) is 5.17 Å². The first-order valence-corrected chi connectivity index (χ1v) is 11.5. The first kappa shape index (κ1) is 21.7. The largest absolute Gasteiger partial charge is 0.497 e. The van der Waals surface area contributed by atoms with Gasteiger partial charge in [0.05, 0.1) is 24.2 Å². The summed E-state index contributed by atoms with van der Waals surface area (Å²) in [6.07, 6.45) is 1.88. The second kappa shape index (κ2) is 9.73. The van der Waals surface area contributed by atoms with Gasteiger partial charge in [0.25, 0.3) is 5.91 Å². The maximum atomic E-state index is 13.3. The molecule has 156 valence electrons. The van der Waals surface area contributed by atoms with E-state index >= 15 is 0 Å². The number of thioether (sulfide) groups is 1. The first-order chi connectivity index (χ1) is 15.0. The summed E-state index contributed by atoms with van der Waals surface area (Å²) in [4.78, 5) is 20.3. The number of halogens is 2. The second-order valence-corrected chi connectivity index (χ2v) is 9.07. The van der Waals surface area contributed by atoms with E-state index in [2.05, 4.69) is 15.9 Å². The minimum Gasteiger partial charge on any atom is -0.497 e. The van der Waals surface area contributed by atoms with E-state index in [1.54, 1.807) is 12.0 Å². The number of hydrogen-bond acceptors (Lipinski definition) is 4. The van der Waals surface area contributed by atoms with Crippen LogP contribution in [0.2, 0.25) is 5.02 Å². The lowest BCUT2D eigenvalue weighted by Crippen LogP contribution is -2.28. The van der Waals surface area contributed by atoms with E-state index in [9.17, 15) is 4.79 Å². The summed E-state index contributed by atoms with van der Waals surface area (Å²) in [7, 11) is 1.62. The van der Waals surface area contributed by atoms with Crippen LogP contribution in [0.4, 0.5) is 5.69 Å². The van der Waals surface area contributed by atoms with Crippen LogP contribution in [0, 0.1) is 0 Å². The number of carbonyl (C=O) groups is 1. The number of amides is 1. The van der Waals surface area contributed by atoms with E-state index < -0.39 is 0 Å². The van der Waals surface area contributed by atoms with Crippen LogP contribution in [0.25, 0.3) is 6.08 Å². The summed E-state index contributed by atoms with van der Waals surface area (Å²) in [5.74, 6) is 0.656. The van der Waals surface area contributed by atoms with Crippen molar-refractivity contribution in [3.8, 4) is 5.75 Å². The van der Waals surface area contributed by atoms with Crippen molar-refractivity contribution < 1.29 is 9.53 Å². The van der Waals surface area contributed by atoms with Gasteiger partial charge in [-0.3, -0.25) is 9.69 Å². The third kappa shape index (κ3) is 5.21. The Balaban J connectivity index is 1.70. The van der Waals surface area contributed by atoms with Crippen molar-refractivity contribution in [2.45, 2.75) is 6.54 Å². The van der Waals surface area contributed by atoms with Crippen LogP contribution >= 0.6 is 39.3 Å². The molecule has 1 saturated heterocycles. The molecule has 0 unspecified atom stereocenters. The van der Waals surface area contributed by atoms with Crippen molar-refractivity contribution >= 4 is 62.1 Å². The average Bonchev–Trinajstić information content (AvgIpc) is 3.06. The Hall–Kier alpha value is -2.54. The number of aliphatic imine (C=N–C) groups is 1. The summed E-state index contributed by atoms with van der Waals surface area (Å²) < 4.78 is 6.20. The van der Waals surface area contributed by atoms with E-state index in [-0.39, 0.29) is 5.91 Å². The van der Waals surface area contributed by atoms with Gasteiger partial charge in [-0.1, -0.05) is 57.9 Å². The van der Waals surface area contributed by atoms with Gasteiger partial charge in [0, 0.05) is 9.50 Å². The number of benzene rings is 3. The molecule has 0 saturated carbocycles. The Kier molecular flexibility index (Phi) is 6.80. The number of methoxy groups -OCH3 is 1. The molecule has 1 heterocycles. The molecule has 0 aliphatic carbocycles. The number of rotatable bonds is 5. The van der Waals surface area contributed by atoms with Crippen molar-refractivity contribution in [3.63, 3.8) is 0 Å². The number of ether oxygens (including phenoxy) is 1. The zero-order valence-corrected chi connectivity index (χ0v) is 19.7. The maximum Gasteiger partial charge on any atom is 0.267 e. The molecular formula is C24H18BrClN2O2S. The Bertz CT molecular complexity index is 1160. The molecule has 4 rings (SSSR count). The molecule has 3 aromatic rings. The van der Waals surface area contributed by atoms with Gasteiger partial charge in [0.2, 0.25) is 0 Å². The van der Waals surface area contributed by atoms with Crippen LogP contribution in [0.1, 0.15) is 11.1 Å². The monoisotopic (exact) mass is 512 g/mol. The van der Waals surface area contributed by atoms with E-state index in [0.717, 1.165) is 27.0 Å². The smallest absolute Gasteiger partial charge is 0.267 e. The summed E-state index contributed by atoms with van der Waals surface area (Å²) in [6, 6.07) is 22.8. The van der Waals surface area contributed by atoms with E-state index in [0.29, 0.717) is 21.6 Å². The third-order valence-electron chi connectivity index (χ3n) is 4.64. The zero-order chi connectivity index (χ0) is 21.8. The predicted molar refractivity (Wildman–Crippen MR) is 132 cm³/mol. The molecule has 0 atom stereocenters. The van der Waals surface area contributed by atoms with Crippen molar-refractivity contribution in [1.29, 1.82) is 0 Å². The standard InChI is InChI=1S/C24H18BrClN2O2S/c1-30-20-12-10-19(11-13-20)27-24-28(15-17-4-2-3-5-21(17)26)23(29)22(31-24)14-16-6-8-18(25)9-7-16/h2-14H,15H2,1H3/b22-14-,27-24?. The Morgan fingerprint density at radius 1 is 1.06 bits per heavy atom. The number of hydrogen-bond donors (Lipinski definition) is 0. The fraction of sp³-hybridized carbons (Fsp3) is 0.0833. The number of nitrogens with zero attached hydrogens (tertiary/aromatic N) is 2. The lowest BCUT2D eigenvalue weighted by Gasteiger charge is -2.16. The third-order valence-corrected chi connectivity index (χ3v) is 6.54. The van der Waals surface area contributed by atoms with Gasteiger partial charge >= 0.3 is 0 Å². The second-order valence-electron chi connectivity index (χ2n) is 6.74. The predicted octanol–water partition coefficient (Wildman–Crippen LogP) is 6.92. The fourth-order valence-electron chi connectivity index (χ4n) is 3.01. The molecule has 0 aromatic heterocycles. The average molecular weight is 514 g/mol. The molecular weight excluding hydrogens is 496 g/mol. The molecule has 1 amide bonds. The molecule has 7 heteroatoms. The summed E-state index contributed by atoms with van der Waals surface area (Å²) in [5.41, 5.74) is 2.55. The summed E-state index contributed by atoms with van der Waals surface area (Å²) in [5, 5.41) is 1.23. The van der Waals surface area contributed by atoms with Crippen molar-refractivity contribution in [3.05, 3.63) is 98.3 Å². The highest BCUT2D eigenvalue weighted by molar-refractivity contribution is 9.10. The minimum absolute atomic E-state index is 0.0971. The van der Waals surface area contributed by atoms with Crippen molar-refractivity contribution in [1.82, 2.24) is 4.90 Å². The van der Waals surface area contributed by atoms with Crippen LogP contribution in [-0.2, 0) is 11.3 Å². The Labute approximate surface area is 198 Å². The van der Waals surface area contributed by atoms with Gasteiger partial charge < -0.3 is 4.74 Å². The molecule has 4 nitrogen and oxygen atoms in total. The normalized spacial score (nSPS) is 16.4. The number of carbonyl (C=O) groups excluding carboxylic acids is 1. The van der Waals surface area contributed by atoms with Crippen molar-refractivity contribution in [2.75, 3.05) is 7.11 Å².